The number of benzene rings is 2. The Morgan fingerprint density at radius 3 is 2.29 bits per heavy atom. The molecule has 11 heteroatoms. The minimum Gasteiger partial charge on any atom is -0.421 e. The van der Waals surface area contributed by atoms with E-state index in [1.54, 1.807) is 12.1 Å². The van der Waals surface area contributed by atoms with Crippen LogP contribution in [0.2, 0.25) is 0 Å². The van der Waals surface area contributed by atoms with Gasteiger partial charge in [-0.05, 0) is 58.5 Å². The maximum atomic E-state index is 12.9. The lowest BCUT2D eigenvalue weighted by Gasteiger charge is -2.13. The highest BCUT2D eigenvalue weighted by Crippen LogP contribution is 2.52. The molecule has 2 bridgehead atoms. The number of nitro benzene ring substituents is 1. The van der Waals surface area contributed by atoms with Gasteiger partial charge in [-0.3, -0.25) is 19.7 Å². The molecule has 34 heavy (non-hydrogen) atoms. The topological polar surface area (TPSA) is 119 Å². The van der Waals surface area contributed by atoms with E-state index in [0.29, 0.717) is 14.5 Å². The number of ether oxygens (including phenoxy) is 1. The zero-order valence-electron chi connectivity index (χ0n) is 17.3. The van der Waals surface area contributed by atoms with Crippen molar-refractivity contribution in [3.63, 3.8) is 0 Å². The van der Waals surface area contributed by atoms with Crippen molar-refractivity contribution in [2.24, 2.45) is 28.8 Å². The molecule has 1 saturated carbocycles. The number of rotatable bonds is 5. The highest BCUT2D eigenvalue weighted by Gasteiger charge is 2.59. The van der Waals surface area contributed by atoms with Crippen LogP contribution < -0.4 is 4.74 Å². The van der Waals surface area contributed by atoms with Crippen molar-refractivity contribution in [3.05, 3.63) is 78.7 Å². The summed E-state index contributed by atoms with van der Waals surface area (Å²) in [5, 5.41) is 15.9. The summed E-state index contributed by atoms with van der Waals surface area (Å²) >= 11 is 6.73. The van der Waals surface area contributed by atoms with Gasteiger partial charge >= 0.3 is 5.97 Å². The predicted octanol–water partition coefficient (Wildman–Crippen LogP) is 4.48. The molecule has 2 aromatic rings. The molecule has 4 atom stereocenters. The first-order valence-corrected chi connectivity index (χ1v) is 11.9. The van der Waals surface area contributed by atoms with Crippen LogP contribution in [0.25, 0.3) is 0 Å². The number of carbonyl (C=O) groups is 3. The zero-order valence-corrected chi connectivity index (χ0v) is 20.4. The number of carbonyl (C=O) groups excluding carboxylic acids is 3. The molecule has 9 nitrogen and oxygen atoms in total. The summed E-state index contributed by atoms with van der Waals surface area (Å²) in [5.74, 6) is -1.84. The molecule has 1 aliphatic heterocycles. The van der Waals surface area contributed by atoms with E-state index >= 15 is 0 Å². The SMILES string of the molecule is O=C(Oc1c(Br)cc(Br)cc1C=NN1C(=O)[C@@H]2[C@H](C1=O)[C@H]1C=C[C@H]2C1)c1ccc([N+](=O)[O-])cc1. The number of hydrogen-bond acceptors (Lipinski definition) is 7. The number of nitro groups is 1. The molecule has 1 heterocycles. The second kappa shape index (κ2) is 8.55. The van der Waals surface area contributed by atoms with E-state index in [1.807, 2.05) is 12.2 Å². The van der Waals surface area contributed by atoms with E-state index in [1.165, 1.54) is 30.5 Å². The fraction of sp³-hybridized carbons (Fsp3) is 0.217. The summed E-state index contributed by atoms with van der Waals surface area (Å²) in [6, 6.07) is 8.30. The van der Waals surface area contributed by atoms with Crippen molar-refractivity contribution in [1.29, 1.82) is 0 Å². The van der Waals surface area contributed by atoms with Crippen molar-refractivity contribution in [2.75, 3.05) is 0 Å². The Labute approximate surface area is 209 Å². The van der Waals surface area contributed by atoms with Crippen LogP contribution in [-0.4, -0.2) is 33.9 Å². The molecule has 0 spiro atoms. The third-order valence-corrected chi connectivity index (χ3v) is 7.35. The van der Waals surface area contributed by atoms with Gasteiger partial charge in [0.2, 0.25) is 0 Å². The summed E-state index contributed by atoms with van der Waals surface area (Å²) in [6.45, 7) is 0. The third kappa shape index (κ3) is 3.78. The number of imide groups is 1. The third-order valence-electron chi connectivity index (χ3n) is 6.31. The Morgan fingerprint density at radius 2 is 1.71 bits per heavy atom. The fourth-order valence-corrected chi connectivity index (χ4v) is 6.11. The van der Waals surface area contributed by atoms with Crippen LogP contribution >= 0.6 is 31.9 Å². The first kappa shape index (κ1) is 22.6. The lowest BCUT2D eigenvalue weighted by atomic mass is 9.85. The van der Waals surface area contributed by atoms with Crippen LogP contribution in [-0.2, 0) is 9.59 Å². The fourth-order valence-electron chi connectivity index (χ4n) is 4.78. The average Bonchev–Trinajstić information content (AvgIpc) is 3.48. The van der Waals surface area contributed by atoms with E-state index in [-0.39, 0.29) is 52.5 Å². The predicted molar refractivity (Wildman–Crippen MR) is 127 cm³/mol. The number of fused-ring (bicyclic) bond motifs is 5. The highest BCUT2D eigenvalue weighted by molar-refractivity contribution is 9.11. The second-order valence-corrected chi connectivity index (χ2v) is 10.0. The van der Waals surface area contributed by atoms with E-state index in [4.69, 9.17) is 4.74 Å². The van der Waals surface area contributed by atoms with Crippen molar-refractivity contribution in [2.45, 2.75) is 6.42 Å². The maximum absolute atomic E-state index is 12.9. The van der Waals surface area contributed by atoms with Gasteiger partial charge in [-0.1, -0.05) is 28.1 Å². The molecule has 0 unspecified atom stereocenters. The number of halogens is 2. The summed E-state index contributed by atoms with van der Waals surface area (Å²) in [7, 11) is 0. The molecule has 0 N–H and O–H groups in total. The Balaban J connectivity index is 1.40. The molecule has 2 fully saturated rings. The van der Waals surface area contributed by atoms with Crippen LogP contribution in [0.4, 0.5) is 5.69 Å². The van der Waals surface area contributed by atoms with Gasteiger partial charge in [-0.2, -0.15) is 10.1 Å². The molecule has 0 radical (unpaired) electrons. The van der Waals surface area contributed by atoms with Gasteiger partial charge in [0.05, 0.1) is 33.0 Å². The molecule has 5 rings (SSSR count). The minimum absolute atomic E-state index is 0.0740. The Hall–Kier alpha value is -3.18. The molecule has 0 aromatic heterocycles. The van der Waals surface area contributed by atoms with Gasteiger partial charge in [-0.15, -0.1) is 0 Å². The van der Waals surface area contributed by atoms with Gasteiger partial charge in [0.25, 0.3) is 17.5 Å². The number of nitrogens with zero attached hydrogens (tertiary/aromatic N) is 3. The van der Waals surface area contributed by atoms with E-state index in [9.17, 15) is 24.5 Å². The first-order valence-electron chi connectivity index (χ1n) is 10.3. The monoisotopic (exact) mass is 587 g/mol. The summed E-state index contributed by atoms with van der Waals surface area (Å²) in [4.78, 5) is 48.7. The number of esters is 1. The summed E-state index contributed by atoms with van der Waals surface area (Å²) < 4.78 is 6.61. The molecule has 2 aromatic carbocycles. The van der Waals surface area contributed by atoms with E-state index < -0.39 is 10.9 Å². The van der Waals surface area contributed by atoms with Gasteiger partial charge in [0, 0.05) is 22.2 Å². The van der Waals surface area contributed by atoms with Crippen LogP contribution in [0.1, 0.15) is 22.3 Å². The maximum Gasteiger partial charge on any atom is 0.343 e. The standard InChI is InChI=1S/C23H15Br2N3O6/c24-15-8-14(10-26-27-21(29)18-12-1-2-13(7-12)19(18)22(27)30)20(17(25)9-15)34-23(31)11-3-5-16(6-4-11)28(32)33/h1-6,8-10,12-13,18-19H,7H2/t12-,13-,18-,19+/m0/s1. The molecular weight excluding hydrogens is 574 g/mol. The van der Waals surface area contributed by atoms with Gasteiger partial charge in [0.15, 0.2) is 5.75 Å². The quantitative estimate of drug-likeness (QED) is 0.0966. The first-order chi connectivity index (χ1) is 16.2. The largest absolute Gasteiger partial charge is 0.421 e. The number of amides is 2. The smallest absolute Gasteiger partial charge is 0.343 e. The second-order valence-electron chi connectivity index (χ2n) is 8.23. The van der Waals surface area contributed by atoms with Gasteiger partial charge in [0.1, 0.15) is 0 Å². The number of allylic oxidation sites excluding steroid dienone is 2. The highest BCUT2D eigenvalue weighted by atomic mass is 79.9. The molecule has 1 saturated heterocycles. The van der Waals surface area contributed by atoms with Crippen molar-refractivity contribution < 1.29 is 24.0 Å². The summed E-state index contributed by atoms with van der Waals surface area (Å²) in [6.07, 6.45) is 6.14. The Morgan fingerprint density at radius 1 is 1.09 bits per heavy atom. The van der Waals surface area contributed by atoms with Crippen LogP contribution in [0.5, 0.6) is 5.75 Å². The summed E-state index contributed by atoms with van der Waals surface area (Å²) in [5.41, 5.74) is 0.307. The zero-order chi connectivity index (χ0) is 24.1. The average molecular weight is 589 g/mol. The van der Waals surface area contributed by atoms with Crippen molar-refractivity contribution >= 4 is 61.5 Å². The molecule has 2 amide bonds. The lowest BCUT2D eigenvalue weighted by molar-refractivity contribution is -0.384. The van der Waals surface area contributed by atoms with E-state index in [2.05, 4.69) is 37.0 Å². The lowest BCUT2D eigenvalue weighted by Crippen LogP contribution is -2.28. The number of hydrogen-bond donors (Lipinski definition) is 0. The number of hydrazone groups is 1. The number of non-ortho nitro benzene ring substituents is 1. The minimum atomic E-state index is -0.738. The van der Waals surface area contributed by atoms with Crippen LogP contribution in [0, 0.1) is 33.8 Å². The molecule has 2 aliphatic carbocycles. The Kier molecular flexibility index (Phi) is 5.68. The Bertz CT molecular complexity index is 1280. The van der Waals surface area contributed by atoms with Crippen molar-refractivity contribution in [1.82, 2.24) is 5.01 Å². The van der Waals surface area contributed by atoms with E-state index in [0.717, 1.165) is 11.4 Å². The van der Waals surface area contributed by atoms with Crippen LogP contribution in [0.3, 0.4) is 0 Å². The normalized spacial score (nSPS) is 24.8. The molecular formula is C23H15Br2N3O6. The van der Waals surface area contributed by atoms with Gasteiger partial charge < -0.3 is 4.74 Å². The van der Waals surface area contributed by atoms with Crippen LogP contribution in [0.15, 0.2) is 62.6 Å². The van der Waals surface area contributed by atoms with Gasteiger partial charge in [-0.25, -0.2) is 4.79 Å². The molecule has 3 aliphatic rings. The van der Waals surface area contributed by atoms with Crippen molar-refractivity contribution in [3.8, 4) is 5.75 Å². The molecule has 172 valence electrons.